The van der Waals surface area contributed by atoms with E-state index in [2.05, 4.69) is 4.98 Å². The molecule has 2 aromatic rings. The lowest BCUT2D eigenvalue weighted by Gasteiger charge is -2.33. The maximum absolute atomic E-state index is 11.7. The maximum Gasteiger partial charge on any atom is 0.288 e. The number of halogens is 1. The van der Waals surface area contributed by atoms with Gasteiger partial charge in [-0.2, -0.15) is 0 Å². The minimum Gasteiger partial charge on any atom is -0.489 e. The molecule has 1 aromatic carbocycles. The Morgan fingerprint density at radius 3 is 2.65 bits per heavy atom. The summed E-state index contributed by atoms with van der Waals surface area (Å²) < 4.78 is 5.94. The number of primary amides is 1. The predicted octanol–water partition coefficient (Wildman–Crippen LogP) is 2.79. The van der Waals surface area contributed by atoms with Crippen molar-refractivity contribution < 1.29 is 14.5 Å². The van der Waals surface area contributed by atoms with E-state index in [9.17, 15) is 14.9 Å². The van der Waals surface area contributed by atoms with E-state index < -0.39 is 10.8 Å². The van der Waals surface area contributed by atoms with Crippen molar-refractivity contribution in [3.8, 4) is 5.75 Å². The lowest BCUT2D eigenvalue weighted by Crippen LogP contribution is -2.39. The number of carbonyl (C=O) groups is 1. The highest BCUT2D eigenvalue weighted by Gasteiger charge is 2.26. The Hall–Kier alpha value is -2.87. The van der Waals surface area contributed by atoms with Gasteiger partial charge < -0.3 is 15.4 Å². The fourth-order valence-corrected chi connectivity index (χ4v) is 3.07. The van der Waals surface area contributed by atoms with Crippen LogP contribution in [0.2, 0.25) is 5.02 Å². The van der Waals surface area contributed by atoms with Crippen LogP contribution < -0.4 is 15.4 Å². The number of aromatic nitrogens is 1. The molecule has 2 N–H and O–H groups in total. The van der Waals surface area contributed by atoms with Gasteiger partial charge in [0.25, 0.3) is 11.6 Å². The summed E-state index contributed by atoms with van der Waals surface area (Å²) in [7, 11) is 0. The third kappa shape index (κ3) is 3.85. The Labute approximate surface area is 154 Å². The lowest BCUT2D eigenvalue weighted by molar-refractivity contribution is -0.385. The minimum atomic E-state index is -0.745. The van der Waals surface area contributed by atoms with Gasteiger partial charge in [0.1, 0.15) is 23.9 Å². The van der Waals surface area contributed by atoms with Gasteiger partial charge in [-0.1, -0.05) is 23.7 Å². The minimum absolute atomic E-state index is 0.0128. The summed E-state index contributed by atoms with van der Waals surface area (Å²) in [6, 6.07) is 8.44. The number of carbonyl (C=O) groups excluding carboxylic acids is 1. The van der Waals surface area contributed by atoms with E-state index in [1.54, 1.807) is 6.07 Å². The average molecular weight is 377 g/mol. The van der Waals surface area contributed by atoms with Crippen molar-refractivity contribution >= 4 is 29.0 Å². The fraction of sp³-hybridized carbons (Fsp3) is 0.294. The van der Waals surface area contributed by atoms with Crippen molar-refractivity contribution in [3.05, 3.63) is 57.2 Å². The van der Waals surface area contributed by atoms with Crippen LogP contribution in [-0.2, 0) is 0 Å². The van der Waals surface area contributed by atoms with Gasteiger partial charge in [-0.15, -0.1) is 0 Å². The van der Waals surface area contributed by atoms with Crippen LogP contribution in [0.1, 0.15) is 23.2 Å². The number of piperidine rings is 1. The molecule has 1 fully saturated rings. The third-order valence-corrected chi connectivity index (χ3v) is 4.51. The molecular formula is C17H17ClN4O4. The van der Waals surface area contributed by atoms with Crippen LogP contribution in [0.3, 0.4) is 0 Å². The molecule has 0 atom stereocenters. The lowest BCUT2D eigenvalue weighted by atomic mass is 10.1. The summed E-state index contributed by atoms with van der Waals surface area (Å²) >= 11 is 6.11. The first kappa shape index (κ1) is 17.9. The van der Waals surface area contributed by atoms with Crippen molar-refractivity contribution in [2.45, 2.75) is 18.9 Å². The van der Waals surface area contributed by atoms with Crippen LogP contribution in [-0.4, -0.2) is 35.0 Å². The number of amides is 1. The summed E-state index contributed by atoms with van der Waals surface area (Å²) in [5.41, 5.74) is 5.15. The second-order valence-electron chi connectivity index (χ2n) is 5.92. The van der Waals surface area contributed by atoms with Crippen LogP contribution in [0.25, 0.3) is 0 Å². The van der Waals surface area contributed by atoms with Crippen molar-refractivity contribution in [2.24, 2.45) is 5.73 Å². The molecule has 2 heterocycles. The molecule has 9 heteroatoms. The highest BCUT2D eigenvalue weighted by atomic mass is 35.5. The molecule has 0 radical (unpaired) electrons. The number of nitro groups is 1. The predicted molar refractivity (Wildman–Crippen MR) is 96.7 cm³/mol. The topological polar surface area (TPSA) is 112 Å². The van der Waals surface area contributed by atoms with Gasteiger partial charge in [-0.25, -0.2) is 4.98 Å². The fourth-order valence-electron chi connectivity index (χ4n) is 2.89. The molecular weight excluding hydrogens is 360 g/mol. The normalized spacial score (nSPS) is 14.9. The largest absolute Gasteiger partial charge is 0.489 e. The molecule has 3 rings (SSSR count). The maximum atomic E-state index is 11.7. The summed E-state index contributed by atoms with van der Waals surface area (Å²) in [4.78, 5) is 27.9. The standard InChI is InChI=1S/C17H17ClN4O4/c18-14-3-1-2-4-15(14)26-12-5-7-21(8-6-12)17-13(16(19)23)9-11(10-20-17)22(24)25/h1-4,9-10,12H,5-8H2,(H2,19,23). The Bertz CT molecular complexity index is 837. The zero-order valence-corrected chi connectivity index (χ0v) is 14.6. The molecule has 0 aliphatic carbocycles. The number of hydrogen-bond acceptors (Lipinski definition) is 6. The first-order chi connectivity index (χ1) is 12.5. The number of anilines is 1. The second-order valence-corrected chi connectivity index (χ2v) is 6.33. The van der Waals surface area contributed by atoms with Crippen molar-refractivity contribution in [2.75, 3.05) is 18.0 Å². The molecule has 1 aliphatic heterocycles. The zero-order chi connectivity index (χ0) is 18.7. The number of benzene rings is 1. The van der Waals surface area contributed by atoms with Gasteiger partial charge in [0.05, 0.1) is 15.5 Å². The zero-order valence-electron chi connectivity index (χ0n) is 13.8. The van der Waals surface area contributed by atoms with Crippen LogP contribution in [0.15, 0.2) is 36.5 Å². The molecule has 1 aromatic heterocycles. The molecule has 0 spiro atoms. The SMILES string of the molecule is NC(=O)c1cc([N+](=O)[O-])cnc1N1CCC(Oc2ccccc2Cl)CC1. The highest BCUT2D eigenvalue weighted by Crippen LogP contribution is 2.29. The van der Waals surface area contributed by atoms with E-state index in [4.69, 9.17) is 22.1 Å². The molecule has 1 aliphatic rings. The van der Waals surface area contributed by atoms with Gasteiger partial charge in [0, 0.05) is 32.0 Å². The van der Waals surface area contributed by atoms with Crippen LogP contribution in [0.4, 0.5) is 11.5 Å². The number of pyridine rings is 1. The smallest absolute Gasteiger partial charge is 0.288 e. The van der Waals surface area contributed by atoms with Crippen LogP contribution in [0, 0.1) is 10.1 Å². The Morgan fingerprint density at radius 1 is 1.35 bits per heavy atom. The Morgan fingerprint density at radius 2 is 2.04 bits per heavy atom. The molecule has 0 unspecified atom stereocenters. The van der Waals surface area contributed by atoms with Crippen LogP contribution in [0.5, 0.6) is 5.75 Å². The third-order valence-electron chi connectivity index (χ3n) is 4.20. The number of nitrogens with two attached hydrogens (primary N) is 1. The van der Waals surface area contributed by atoms with E-state index in [0.29, 0.717) is 42.5 Å². The average Bonchev–Trinajstić information content (AvgIpc) is 2.63. The Kier molecular flexibility index (Phi) is 5.22. The van der Waals surface area contributed by atoms with Crippen molar-refractivity contribution in [1.29, 1.82) is 0 Å². The molecule has 0 bridgehead atoms. The molecule has 1 saturated heterocycles. The van der Waals surface area contributed by atoms with Gasteiger partial charge in [-0.05, 0) is 12.1 Å². The summed E-state index contributed by atoms with van der Waals surface area (Å²) in [5.74, 6) is 0.254. The monoisotopic (exact) mass is 376 g/mol. The molecule has 8 nitrogen and oxygen atoms in total. The van der Waals surface area contributed by atoms with Gasteiger partial charge in [0.15, 0.2) is 0 Å². The summed E-state index contributed by atoms with van der Waals surface area (Å²) in [5, 5.41) is 11.4. The van der Waals surface area contributed by atoms with E-state index >= 15 is 0 Å². The van der Waals surface area contributed by atoms with Gasteiger partial charge in [-0.3, -0.25) is 14.9 Å². The van der Waals surface area contributed by atoms with Gasteiger partial charge in [0.2, 0.25) is 0 Å². The molecule has 0 saturated carbocycles. The van der Waals surface area contributed by atoms with Crippen molar-refractivity contribution in [1.82, 2.24) is 4.98 Å². The first-order valence-electron chi connectivity index (χ1n) is 8.06. The second kappa shape index (κ2) is 7.57. The summed E-state index contributed by atoms with van der Waals surface area (Å²) in [6.45, 7) is 1.17. The van der Waals surface area contributed by atoms with E-state index in [-0.39, 0.29) is 17.4 Å². The van der Waals surface area contributed by atoms with Gasteiger partial charge >= 0.3 is 0 Å². The number of rotatable bonds is 5. The van der Waals surface area contributed by atoms with Crippen LogP contribution >= 0.6 is 11.6 Å². The number of nitrogens with zero attached hydrogens (tertiary/aromatic N) is 3. The quantitative estimate of drug-likeness (QED) is 0.634. The summed E-state index contributed by atoms with van der Waals surface area (Å²) in [6.07, 6.45) is 2.51. The van der Waals surface area contributed by atoms with E-state index in [1.807, 2.05) is 23.1 Å². The van der Waals surface area contributed by atoms with E-state index in [0.717, 1.165) is 12.3 Å². The first-order valence-corrected chi connectivity index (χ1v) is 8.44. The molecule has 136 valence electrons. The number of hydrogen-bond donors (Lipinski definition) is 1. The Balaban J connectivity index is 1.71. The van der Waals surface area contributed by atoms with Crippen molar-refractivity contribution in [3.63, 3.8) is 0 Å². The number of ether oxygens (including phenoxy) is 1. The highest BCUT2D eigenvalue weighted by molar-refractivity contribution is 6.32. The molecule has 1 amide bonds. The number of para-hydroxylation sites is 1. The molecule has 26 heavy (non-hydrogen) atoms. The van der Waals surface area contributed by atoms with E-state index in [1.165, 1.54) is 0 Å².